The molecule has 2 heterocycles. The number of hydrogen-bond donors (Lipinski definition) is 5. The molecule has 2 aromatic heterocycles. The zero-order valence-electron chi connectivity index (χ0n) is 20.0. The molecule has 0 spiro atoms. The number of benzene rings is 1. The summed E-state index contributed by atoms with van der Waals surface area (Å²) in [4.78, 5) is 52.8. The number of carbonyl (C=O) groups is 4. The lowest BCUT2D eigenvalue weighted by molar-refractivity contribution is -0.117. The molecule has 1 aliphatic rings. The number of carbonyl (C=O) groups excluding carboxylic acids is 4. The van der Waals surface area contributed by atoms with Gasteiger partial charge >= 0.3 is 0 Å². The summed E-state index contributed by atoms with van der Waals surface area (Å²) in [5, 5.41) is 18.8. The molecule has 13 nitrogen and oxygen atoms in total. The number of nitrogens with zero attached hydrogens (tertiary/aromatic N) is 3. The average Bonchev–Trinajstić information content (AvgIpc) is 3.74. The molecular weight excluding hydrogens is 480 g/mol. The highest BCUT2D eigenvalue weighted by atomic mass is 16.5. The van der Waals surface area contributed by atoms with E-state index in [1.165, 1.54) is 38.6 Å². The number of methoxy groups -OCH3 is 1. The lowest BCUT2D eigenvalue weighted by Gasteiger charge is -2.16. The largest absolute Gasteiger partial charge is 0.494 e. The van der Waals surface area contributed by atoms with Crippen molar-refractivity contribution in [2.24, 2.45) is 11.7 Å². The third-order valence-corrected chi connectivity index (χ3v) is 5.46. The third kappa shape index (κ3) is 5.78. The van der Waals surface area contributed by atoms with Crippen LogP contribution in [0.4, 0.5) is 23.0 Å². The SMILES string of the molecule is CNC(=O)c1nnc(NC(=O)C2CC2)cc1Nc1cccc(C(=O)Nc2ccc(C(N)=O)cn2)c1OC. The molecule has 190 valence electrons. The van der Waals surface area contributed by atoms with Crippen LogP contribution in [0.2, 0.25) is 0 Å². The van der Waals surface area contributed by atoms with E-state index in [2.05, 4.69) is 36.4 Å². The van der Waals surface area contributed by atoms with Crippen LogP contribution in [0.5, 0.6) is 5.75 Å². The van der Waals surface area contributed by atoms with E-state index in [-0.39, 0.29) is 51.7 Å². The number of ether oxygens (including phenoxy) is 1. The van der Waals surface area contributed by atoms with Gasteiger partial charge in [0.25, 0.3) is 11.8 Å². The van der Waals surface area contributed by atoms with Gasteiger partial charge in [0.05, 0.1) is 29.6 Å². The number of rotatable bonds is 9. The van der Waals surface area contributed by atoms with Gasteiger partial charge in [-0.05, 0) is 37.1 Å². The smallest absolute Gasteiger partial charge is 0.273 e. The third-order valence-electron chi connectivity index (χ3n) is 5.46. The van der Waals surface area contributed by atoms with Crippen molar-refractivity contribution in [3.8, 4) is 5.75 Å². The summed E-state index contributed by atoms with van der Waals surface area (Å²) >= 11 is 0. The second-order valence-electron chi connectivity index (χ2n) is 8.10. The number of pyridine rings is 1. The fraction of sp³-hybridized carbons (Fsp3) is 0.208. The van der Waals surface area contributed by atoms with E-state index in [0.717, 1.165) is 12.8 Å². The molecule has 0 bridgehead atoms. The predicted molar refractivity (Wildman–Crippen MR) is 134 cm³/mol. The number of nitrogens with one attached hydrogen (secondary N) is 4. The van der Waals surface area contributed by atoms with Crippen LogP contribution in [-0.4, -0.2) is 53.0 Å². The minimum Gasteiger partial charge on any atom is -0.494 e. The van der Waals surface area contributed by atoms with E-state index in [1.807, 2.05) is 0 Å². The monoisotopic (exact) mass is 504 g/mol. The summed E-state index contributed by atoms with van der Waals surface area (Å²) in [5.41, 5.74) is 6.15. The van der Waals surface area contributed by atoms with Gasteiger partial charge in [-0.3, -0.25) is 19.2 Å². The zero-order chi connectivity index (χ0) is 26.5. The molecule has 1 aromatic carbocycles. The number of anilines is 4. The molecule has 4 rings (SSSR count). The van der Waals surface area contributed by atoms with Crippen molar-refractivity contribution in [2.75, 3.05) is 30.1 Å². The lowest BCUT2D eigenvalue weighted by Crippen LogP contribution is -2.22. The van der Waals surface area contributed by atoms with Crippen molar-refractivity contribution < 1.29 is 23.9 Å². The van der Waals surface area contributed by atoms with Crippen molar-refractivity contribution in [2.45, 2.75) is 12.8 Å². The van der Waals surface area contributed by atoms with Gasteiger partial charge in [-0.1, -0.05) is 6.07 Å². The molecule has 1 saturated carbocycles. The van der Waals surface area contributed by atoms with E-state index in [0.29, 0.717) is 5.69 Å². The van der Waals surface area contributed by atoms with Crippen LogP contribution in [0.3, 0.4) is 0 Å². The molecule has 0 radical (unpaired) electrons. The maximum atomic E-state index is 13.0. The fourth-order valence-electron chi connectivity index (χ4n) is 3.38. The molecule has 0 unspecified atom stereocenters. The molecule has 0 atom stereocenters. The van der Waals surface area contributed by atoms with E-state index in [1.54, 1.807) is 18.2 Å². The van der Waals surface area contributed by atoms with E-state index >= 15 is 0 Å². The average molecular weight is 505 g/mol. The first-order valence-electron chi connectivity index (χ1n) is 11.2. The summed E-state index contributed by atoms with van der Waals surface area (Å²) in [6.45, 7) is 0. The Kier molecular flexibility index (Phi) is 7.23. The molecule has 4 amide bonds. The number of primary amides is 1. The predicted octanol–water partition coefficient (Wildman–Crippen LogP) is 1.68. The van der Waals surface area contributed by atoms with Crippen LogP contribution in [0.1, 0.15) is 44.0 Å². The van der Waals surface area contributed by atoms with Crippen LogP contribution >= 0.6 is 0 Å². The normalized spacial score (nSPS) is 12.3. The summed E-state index contributed by atoms with van der Waals surface area (Å²) in [6, 6.07) is 9.18. The summed E-state index contributed by atoms with van der Waals surface area (Å²) in [7, 11) is 2.84. The van der Waals surface area contributed by atoms with Gasteiger partial charge in [-0.15, -0.1) is 10.2 Å². The maximum Gasteiger partial charge on any atom is 0.273 e. The molecular formula is C24H24N8O5. The number of nitrogens with two attached hydrogens (primary N) is 1. The van der Waals surface area contributed by atoms with Crippen LogP contribution in [0.25, 0.3) is 0 Å². The molecule has 37 heavy (non-hydrogen) atoms. The van der Waals surface area contributed by atoms with Gasteiger partial charge in [0.1, 0.15) is 5.82 Å². The molecule has 1 fully saturated rings. The Morgan fingerprint density at radius 3 is 2.38 bits per heavy atom. The molecule has 0 aliphatic heterocycles. The first-order chi connectivity index (χ1) is 17.8. The first-order valence-corrected chi connectivity index (χ1v) is 11.2. The van der Waals surface area contributed by atoms with Crippen molar-refractivity contribution in [3.63, 3.8) is 0 Å². The van der Waals surface area contributed by atoms with E-state index in [4.69, 9.17) is 10.5 Å². The molecule has 13 heteroatoms. The van der Waals surface area contributed by atoms with Crippen LogP contribution in [0.15, 0.2) is 42.6 Å². The van der Waals surface area contributed by atoms with Gasteiger partial charge in [-0.2, -0.15) is 0 Å². The number of aromatic nitrogens is 3. The molecule has 0 saturated heterocycles. The second kappa shape index (κ2) is 10.7. The second-order valence-corrected chi connectivity index (χ2v) is 8.10. The Bertz CT molecular complexity index is 1370. The van der Waals surface area contributed by atoms with Crippen molar-refractivity contribution >= 4 is 46.6 Å². The van der Waals surface area contributed by atoms with E-state index < -0.39 is 17.7 Å². The van der Waals surface area contributed by atoms with Crippen LogP contribution in [-0.2, 0) is 4.79 Å². The fourth-order valence-corrected chi connectivity index (χ4v) is 3.38. The van der Waals surface area contributed by atoms with Gasteiger partial charge < -0.3 is 31.7 Å². The number of para-hydroxylation sites is 1. The molecule has 1 aliphatic carbocycles. The van der Waals surface area contributed by atoms with E-state index in [9.17, 15) is 19.2 Å². The van der Waals surface area contributed by atoms with Gasteiger partial charge in [-0.25, -0.2) is 4.98 Å². The summed E-state index contributed by atoms with van der Waals surface area (Å²) in [5.74, 6) is -1.34. The zero-order valence-corrected chi connectivity index (χ0v) is 20.0. The van der Waals surface area contributed by atoms with Crippen LogP contribution in [0, 0.1) is 5.92 Å². The minimum absolute atomic E-state index is 0.0254. The molecule has 6 N–H and O–H groups in total. The molecule has 3 aromatic rings. The standard InChI is InChI=1S/C24H24N8O5/c1-26-24(36)19-16(10-18(31-32-19)30-22(34)12-6-7-12)28-15-5-3-4-14(20(15)37-2)23(35)29-17-9-8-13(11-27-17)21(25)33/h3-5,8-12H,6-7H2,1-2H3,(H2,25,33)(H,26,36)(H,27,29,35)(H2,28,30,31,34). The highest BCUT2D eigenvalue weighted by molar-refractivity contribution is 6.07. The van der Waals surface area contributed by atoms with Gasteiger partial charge in [0.2, 0.25) is 11.8 Å². The van der Waals surface area contributed by atoms with Crippen molar-refractivity contribution in [3.05, 3.63) is 59.4 Å². The Morgan fingerprint density at radius 2 is 1.76 bits per heavy atom. The quantitative estimate of drug-likeness (QED) is 0.288. The highest BCUT2D eigenvalue weighted by Crippen LogP contribution is 2.34. The summed E-state index contributed by atoms with van der Waals surface area (Å²) in [6.07, 6.45) is 2.89. The lowest BCUT2D eigenvalue weighted by atomic mass is 10.1. The highest BCUT2D eigenvalue weighted by Gasteiger charge is 2.30. The minimum atomic E-state index is -0.636. The van der Waals surface area contributed by atoms with Crippen molar-refractivity contribution in [1.29, 1.82) is 0 Å². The Hall–Kier alpha value is -5.07. The topological polar surface area (TPSA) is 190 Å². The van der Waals surface area contributed by atoms with Crippen molar-refractivity contribution in [1.82, 2.24) is 20.5 Å². The number of amides is 4. The van der Waals surface area contributed by atoms with Gasteiger partial charge in [0, 0.05) is 25.2 Å². The number of hydrogen-bond acceptors (Lipinski definition) is 9. The Labute approximate surface area is 211 Å². The van der Waals surface area contributed by atoms with Crippen LogP contribution < -0.4 is 31.7 Å². The Morgan fingerprint density at radius 1 is 0.973 bits per heavy atom. The Balaban J connectivity index is 1.62. The van der Waals surface area contributed by atoms with Gasteiger partial charge in [0.15, 0.2) is 17.3 Å². The first kappa shape index (κ1) is 25.0. The maximum absolute atomic E-state index is 13.0. The summed E-state index contributed by atoms with van der Waals surface area (Å²) < 4.78 is 5.51.